The number of nitrogens with one attached hydrogen (secondary N) is 1. The molecular formula is C19H18BrN3O2. The molecule has 0 unspecified atom stereocenters. The maximum absolute atomic E-state index is 12.2. The second kappa shape index (κ2) is 7.61. The number of amides is 1. The third-order valence-electron chi connectivity index (χ3n) is 3.81. The van der Waals surface area contributed by atoms with Gasteiger partial charge in [0.1, 0.15) is 0 Å². The lowest BCUT2D eigenvalue weighted by Gasteiger charge is -2.05. The number of hydrogen-bond donors (Lipinski definition) is 1. The zero-order chi connectivity index (χ0) is 17.8. The standard InChI is InChI=1S/C19H18BrN3O2/c1-12(2)14-9-7-13(8-10-14)11-17-22-23-19(25-17)21-18(24)15-5-3-4-6-16(15)20/h3-10,12H,11H2,1-2H3,(H,21,23,24). The van der Waals surface area contributed by atoms with E-state index in [2.05, 4.69) is 69.6 Å². The Bertz CT molecular complexity index is 872. The highest BCUT2D eigenvalue weighted by Gasteiger charge is 2.14. The van der Waals surface area contributed by atoms with Gasteiger partial charge in [0.05, 0.1) is 12.0 Å². The summed E-state index contributed by atoms with van der Waals surface area (Å²) in [7, 11) is 0. The van der Waals surface area contributed by atoms with E-state index in [1.54, 1.807) is 18.2 Å². The van der Waals surface area contributed by atoms with Crippen LogP contribution in [0.3, 0.4) is 0 Å². The van der Waals surface area contributed by atoms with E-state index in [0.717, 1.165) is 5.56 Å². The molecule has 2 aromatic carbocycles. The van der Waals surface area contributed by atoms with Crippen LogP contribution >= 0.6 is 15.9 Å². The van der Waals surface area contributed by atoms with E-state index in [-0.39, 0.29) is 11.9 Å². The molecule has 0 fully saturated rings. The van der Waals surface area contributed by atoms with E-state index in [0.29, 0.717) is 28.3 Å². The molecule has 0 atom stereocenters. The average molecular weight is 400 g/mol. The van der Waals surface area contributed by atoms with Gasteiger partial charge < -0.3 is 4.42 Å². The van der Waals surface area contributed by atoms with Crippen LogP contribution in [0.5, 0.6) is 0 Å². The number of nitrogens with zero attached hydrogens (tertiary/aromatic N) is 2. The molecule has 6 heteroatoms. The second-order valence-corrected chi connectivity index (χ2v) is 6.86. The largest absolute Gasteiger partial charge is 0.407 e. The van der Waals surface area contributed by atoms with Crippen LogP contribution in [-0.4, -0.2) is 16.1 Å². The Labute approximate surface area is 154 Å². The van der Waals surface area contributed by atoms with Gasteiger partial charge in [0.25, 0.3) is 5.91 Å². The van der Waals surface area contributed by atoms with E-state index in [9.17, 15) is 4.79 Å². The Morgan fingerprint density at radius 2 is 1.84 bits per heavy atom. The van der Waals surface area contributed by atoms with Crippen molar-refractivity contribution in [3.8, 4) is 0 Å². The summed E-state index contributed by atoms with van der Waals surface area (Å²) in [6.45, 7) is 4.32. The van der Waals surface area contributed by atoms with Crippen LogP contribution in [0.4, 0.5) is 6.01 Å². The molecule has 0 aliphatic heterocycles. The van der Waals surface area contributed by atoms with Crippen molar-refractivity contribution < 1.29 is 9.21 Å². The fourth-order valence-corrected chi connectivity index (χ4v) is 2.85. The average Bonchev–Trinajstić information content (AvgIpc) is 3.02. The minimum absolute atomic E-state index is 0.0922. The molecule has 3 rings (SSSR count). The Morgan fingerprint density at radius 3 is 2.52 bits per heavy atom. The first-order chi connectivity index (χ1) is 12.0. The molecule has 3 aromatic rings. The fourth-order valence-electron chi connectivity index (χ4n) is 2.38. The van der Waals surface area contributed by atoms with Crippen molar-refractivity contribution in [2.45, 2.75) is 26.2 Å². The summed E-state index contributed by atoms with van der Waals surface area (Å²) < 4.78 is 6.23. The van der Waals surface area contributed by atoms with Crippen molar-refractivity contribution >= 4 is 27.9 Å². The summed E-state index contributed by atoms with van der Waals surface area (Å²) in [5.41, 5.74) is 2.87. The van der Waals surface area contributed by atoms with Crippen molar-refractivity contribution in [2.75, 3.05) is 5.32 Å². The van der Waals surface area contributed by atoms with Crippen LogP contribution in [0, 0.1) is 0 Å². The van der Waals surface area contributed by atoms with E-state index >= 15 is 0 Å². The first-order valence-corrected chi connectivity index (χ1v) is 8.79. The molecule has 1 heterocycles. The maximum Gasteiger partial charge on any atom is 0.322 e. The predicted molar refractivity (Wildman–Crippen MR) is 99.7 cm³/mol. The highest BCUT2D eigenvalue weighted by molar-refractivity contribution is 9.10. The molecule has 0 spiro atoms. The van der Waals surface area contributed by atoms with Crippen molar-refractivity contribution in [1.82, 2.24) is 10.2 Å². The van der Waals surface area contributed by atoms with Crippen molar-refractivity contribution in [1.29, 1.82) is 0 Å². The van der Waals surface area contributed by atoms with Crippen LogP contribution < -0.4 is 5.32 Å². The van der Waals surface area contributed by atoms with Gasteiger partial charge in [-0.15, -0.1) is 5.10 Å². The lowest BCUT2D eigenvalue weighted by Crippen LogP contribution is -2.12. The van der Waals surface area contributed by atoms with Gasteiger partial charge in [-0.1, -0.05) is 55.3 Å². The monoisotopic (exact) mass is 399 g/mol. The molecule has 1 N–H and O–H groups in total. The van der Waals surface area contributed by atoms with Gasteiger partial charge in [0.15, 0.2) is 0 Å². The predicted octanol–water partition coefficient (Wildman–Crippen LogP) is 4.80. The van der Waals surface area contributed by atoms with E-state index in [4.69, 9.17) is 4.42 Å². The Balaban J connectivity index is 1.66. The third kappa shape index (κ3) is 4.33. The van der Waals surface area contributed by atoms with Gasteiger partial charge in [0.2, 0.25) is 5.89 Å². The summed E-state index contributed by atoms with van der Waals surface area (Å²) in [5.74, 6) is 0.653. The lowest BCUT2D eigenvalue weighted by molar-refractivity contribution is 0.102. The Morgan fingerprint density at radius 1 is 1.12 bits per heavy atom. The van der Waals surface area contributed by atoms with Crippen molar-refractivity contribution in [3.05, 3.63) is 75.6 Å². The third-order valence-corrected chi connectivity index (χ3v) is 4.50. The molecule has 0 aliphatic carbocycles. The summed E-state index contributed by atoms with van der Waals surface area (Å²) in [5, 5.41) is 10.5. The normalized spacial score (nSPS) is 10.9. The molecule has 0 saturated heterocycles. The molecule has 0 radical (unpaired) electrons. The number of aromatic nitrogens is 2. The van der Waals surface area contributed by atoms with Gasteiger partial charge in [-0.2, -0.15) is 0 Å². The number of halogens is 1. The summed E-state index contributed by atoms with van der Waals surface area (Å²) in [6.07, 6.45) is 0.524. The van der Waals surface area contributed by atoms with Crippen molar-refractivity contribution in [3.63, 3.8) is 0 Å². The van der Waals surface area contributed by atoms with Crippen LogP contribution in [0.25, 0.3) is 0 Å². The Hall–Kier alpha value is -2.47. The van der Waals surface area contributed by atoms with Gasteiger partial charge in [-0.25, -0.2) is 0 Å². The minimum atomic E-state index is -0.302. The SMILES string of the molecule is CC(C)c1ccc(Cc2nnc(NC(=O)c3ccccc3Br)o2)cc1. The zero-order valence-corrected chi connectivity index (χ0v) is 15.6. The minimum Gasteiger partial charge on any atom is -0.407 e. The molecule has 0 bridgehead atoms. The van der Waals surface area contributed by atoms with Crippen molar-refractivity contribution in [2.24, 2.45) is 0 Å². The summed E-state index contributed by atoms with van der Waals surface area (Å²) in [6, 6.07) is 15.6. The van der Waals surface area contributed by atoms with E-state index < -0.39 is 0 Å². The topological polar surface area (TPSA) is 68.0 Å². The van der Waals surface area contributed by atoms with Gasteiger partial charge in [-0.05, 0) is 45.1 Å². The number of hydrogen-bond acceptors (Lipinski definition) is 4. The number of rotatable bonds is 5. The van der Waals surface area contributed by atoms with Crippen LogP contribution in [0.15, 0.2) is 57.4 Å². The maximum atomic E-state index is 12.2. The van der Waals surface area contributed by atoms with Crippen LogP contribution in [0.1, 0.15) is 47.1 Å². The molecule has 0 saturated carbocycles. The highest BCUT2D eigenvalue weighted by Crippen LogP contribution is 2.19. The Kier molecular flexibility index (Phi) is 5.28. The van der Waals surface area contributed by atoms with Gasteiger partial charge >= 0.3 is 6.01 Å². The summed E-state index contributed by atoms with van der Waals surface area (Å²) in [4.78, 5) is 12.2. The van der Waals surface area contributed by atoms with Gasteiger partial charge in [0, 0.05) is 4.47 Å². The molecular weight excluding hydrogens is 382 g/mol. The molecule has 1 aromatic heterocycles. The van der Waals surface area contributed by atoms with E-state index in [1.165, 1.54) is 5.56 Å². The van der Waals surface area contributed by atoms with Crippen LogP contribution in [0.2, 0.25) is 0 Å². The lowest BCUT2D eigenvalue weighted by atomic mass is 10.0. The quantitative estimate of drug-likeness (QED) is 0.668. The van der Waals surface area contributed by atoms with E-state index in [1.807, 2.05) is 6.07 Å². The van der Waals surface area contributed by atoms with Crippen LogP contribution in [-0.2, 0) is 6.42 Å². The number of benzene rings is 2. The molecule has 128 valence electrons. The molecule has 25 heavy (non-hydrogen) atoms. The smallest absolute Gasteiger partial charge is 0.322 e. The zero-order valence-electron chi connectivity index (χ0n) is 14.0. The number of anilines is 1. The van der Waals surface area contributed by atoms with Gasteiger partial charge in [-0.3, -0.25) is 10.1 Å². The first-order valence-electron chi connectivity index (χ1n) is 8.00. The molecule has 0 aliphatic rings. The fraction of sp³-hybridized carbons (Fsp3) is 0.211. The first kappa shape index (κ1) is 17.4. The molecule has 5 nitrogen and oxygen atoms in total. The molecule has 1 amide bonds. The second-order valence-electron chi connectivity index (χ2n) is 6.01. The summed E-state index contributed by atoms with van der Waals surface area (Å²) >= 11 is 3.35. The highest BCUT2D eigenvalue weighted by atomic mass is 79.9. The number of carbonyl (C=O) groups excluding carboxylic acids is 1. The number of carbonyl (C=O) groups is 1.